The summed E-state index contributed by atoms with van der Waals surface area (Å²) in [5.74, 6) is 0. The van der Waals surface area contributed by atoms with Gasteiger partial charge in [-0.2, -0.15) is 0 Å². The van der Waals surface area contributed by atoms with Gasteiger partial charge < -0.3 is 5.32 Å². The van der Waals surface area contributed by atoms with E-state index in [-0.39, 0.29) is 0 Å². The summed E-state index contributed by atoms with van der Waals surface area (Å²) in [6, 6.07) is 20.9. The van der Waals surface area contributed by atoms with Crippen molar-refractivity contribution in [2.75, 3.05) is 5.32 Å². The van der Waals surface area contributed by atoms with Gasteiger partial charge in [0.25, 0.3) is 0 Å². The molecule has 0 spiro atoms. The van der Waals surface area contributed by atoms with E-state index in [9.17, 15) is 0 Å². The second-order valence-corrected chi connectivity index (χ2v) is 4.69. The summed E-state index contributed by atoms with van der Waals surface area (Å²) in [6.07, 6.45) is 0. The molecule has 0 aliphatic heterocycles. The molecule has 2 heteroatoms. The first-order valence-corrected chi connectivity index (χ1v) is 6.46. The number of aryl methyl sites for hydroxylation is 1. The Hall–Kier alpha value is -2.35. The predicted octanol–water partition coefficient (Wildman–Crippen LogP) is 4.16. The standard InChI is InChI=1S/C17H16N2/c1-13-5-4-8-17(19-13)12-18-16-10-9-14-6-2-3-7-15(14)11-16/h2-11,18H,12H2,1H3. The van der Waals surface area contributed by atoms with Crippen LogP contribution in [0.1, 0.15) is 11.4 Å². The third-order valence-electron chi connectivity index (χ3n) is 3.17. The fourth-order valence-corrected chi connectivity index (χ4v) is 2.19. The monoisotopic (exact) mass is 248 g/mol. The molecule has 0 saturated carbocycles. The normalized spacial score (nSPS) is 10.6. The van der Waals surface area contributed by atoms with E-state index in [1.807, 2.05) is 25.1 Å². The van der Waals surface area contributed by atoms with E-state index in [0.717, 1.165) is 23.6 Å². The third-order valence-corrected chi connectivity index (χ3v) is 3.17. The highest BCUT2D eigenvalue weighted by atomic mass is 14.9. The number of nitrogens with zero attached hydrogens (tertiary/aromatic N) is 1. The van der Waals surface area contributed by atoms with E-state index >= 15 is 0 Å². The first kappa shape index (κ1) is 11.7. The van der Waals surface area contributed by atoms with E-state index in [4.69, 9.17) is 0 Å². The van der Waals surface area contributed by atoms with Crippen LogP contribution in [0, 0.1) is 6.92 Å². The molecule has 2 nitrogen and oxygen atoms in total. The minimum absolute atomic E-state index is 0.750. The molecule has 1 heterocycles. The van der Waals surface area contributed by atoms with Crippen LogP contribution in [0.2, 0.25) is 0 Å². The Morgan fingerprint density at radius 1 is 0.895 bits per heavy atom. The van der Waals surface area contributed by atoms with Gasteiger partial charge in [-0.1, -0.05) is 36.4 Å². The van der Waals surface area contributed by atoms with Gasteiger partial charge in [-0.05, 0) is 42.0 Å². The van der Waals surface area contributed by atoms with Crippen molar-refractivity contribution < 1.29 is 0 Å². The van der Waals surface area contributed by atoms with Crippen LogP contribution in [0.5, 0.6) is 0 Å². The number of pyridine rings is 1. The minimum atomic E-state index is 0.750. The fourth-order valence-electron chi connectivity index (χ4n) is 2.19. The third kappa shape index (κ3) is 2.74. The zero-order chi connectivity index (χ0) is 13.1. The van der Waals surface area contributed by atoms with Crippen LogP contribution in [0.4, 0.5) is 5.69 Å². The molecule has 0 radical (unpaired) electrons. The van der Waals surface area contributed by atoms with Gasteiger partial charge >= 0.3 is 0 Å². The summed E-state index contributed by atoms with van der Waals surface area (Å²) in [7, 11) is 0. The largest absolute Gasteiger partial charge is 0.379 e. The molecular formula is C17H16N2. The summed E-state index contributed by atoms with van der Waals surface area (Å²) in [4.78, 5) is 4.49. The van der Waals surface area contributed by atoms with Crippen LogP contribution < -0.4 is 5.32 Å². The van der Waals surface area contributed by atoms with E-state index in [1.165, 1.54) is 10.8 Å². The Balaban J connectivity index is 1.78. The number of rotatable bonds is 3. The minimum Gasteiger partial charge on any atom is -0.379 e. The lowest BCUT2D eigenvalue weighted by molar-refractivity contribution is 1.02. The van der Waals surface area contributed by atoms with Gasteiger partial charge in [0.2, 0.25) is 0 Å². The topological polar surface area (TPSA) is 24.9 Å². The summed E-state index contributed by atoms with van der Waals surface area (Å²) >= 11 is 0. The second kappa shape index (κ2) is 5.11. The van der Waals surface area contributed by atoms with Crippen molar-refractivity contribution in [3.8, 4) is 0 Å². The zero-order valence-electron chi connectivity index (χ0n) is 10.9. The molecule has 0 aliphatic rings. The Kier molecular flexibility index (Phi) is 3.15. The van der Waals surface area contributed by atoms with Gasteiger partial charge in [-0.25, -0.2) is 0 Å². The summed E-state index contributed by atoms with van der Waals surface area (Å²) in [5.41, 5.74) is 3.24. The quantitative estimate of drug-likeness (QED) is 0.753. The van der Waals surface area contributed by atoms with Gasteiger partial charge in [0.1, 0.15) is 0 Å². The van der Waals surface area contributed by atoms with Crippen molar-refractivity contribution in [2.45, 2.75) is 13.5 Å². The smallest absolute Gasteiger partial charge is 0.0597 e. The highest BCUT2D eigenvalue weighted by Gasteiger charge is 1.97. The molecular weight excluding hydrogens is 232 g/mol. The molecule has 1 N–H and O–H groups in total. The maximum absolute atomic E-state index is 4.49. The van der Waals surface area contributed by atoms with Crippen molar-refractivity contribution in [1.29, 1.82) is 0 Å². The molecule has 0 saturated heterocycles. The van der Waals surface area contributed by atoms with Gasteiger partial charge in [-0.15, -0.1) is 0 Å². The average molecular weight is 248 g/mol. The molecule has 19 heavy (non-hydrogen) atoms. The molecule has 3 aromatic rings. The molecule has 3 rings (SSSR count). The van der Waals surface area contributed by atoms with Crippen molar-refractivity contribution in [3.63, 3.8) is 0 Å². The average Bonchev–Trinajstić information content (AvgIpc) is 2.45. The highest BCUT2D eigenvalue weighted by Crippen LogP contribution is 2.19. The number of nitrogens with one attached hydrogen (secondary N) is 1. The molecule has 1 aromatic heterocycles. The van der Waals surface area contributed by atoms with E-state index in [0.29, 0.717) is 0 Å². The molecule has 0 aliphatic carbocycles. The maximum Gasteiger partial charge on any atom is 0.0597 e. The maximum atomic E-state index is 4.49. The van der Waals surface area contributed by atoms with Gasteiger partial charge in [-0.3, -0.25) is 4.98 Å². The first-order valence-electron chi connectivity index (χ1n) is 6.46. The lowest BCUT2D eigenvalue weighted by Crippen LogP contribution is -2.02. The number of benzene rings is 2. The lowest BCUT2D eigenvalue weighted by atomic mass is 10.1. The SMILES string of the molecule is Cc1cccc(CNc2ccc3ccccc3c2)n1. The zero-order valence-corrected chi connectivity index (χ0v) is 10.9. The summed E-state index contributed by atoms with van der Waals surface area (Å²) in [6.45, 7) is 2.76. The molecule has 0 fully saturated rings. The lowest BCUT2D eigenvalue weighted by Gasteiger charge is -2.07. The van der Waals surface area contributed by atoms with Crippen LogP contribution in [0.25, 0.3) is 10.8 Å². The van der Waals surface area contributed by atoms with Crippen LogP contribution in [0.3, 0.4) is 0 Å². The number of anilines is 1. The Morgan fingerprint density at radius 2 is 1.74 bits per heavy atom. The molecule has 94 valence electrons. The number of hydrogen-bond donors (Lipinski definition) is 1. The van der Waals surface area contributed by atoms with Crippen molar-refractivity contribution in [3.05, 3.63) is 72.1 Å². The molecule has 0 atom stereocenters. The van der Waals surface area contributed by atoms with Gasteiger partial charge in [0.05, 0.1) is 12.2 Å². The molecule has 2 aromatic carbocycles. The fraction of sp³-hybridized carbons (Fsp3) is 0.118. The first-order chi connectivity index (χ1) is 9.31. The van der Waals surface area contributed by atoms with Crippen LogP contribution in [-0.2, 0) is 6.54 Å². The van der Waals surface area contributed by atoms with E-state index in [2.05, 4.69) is 52.8 Å². The summed E-state index contributed by atoms with van der Waals surface area (Å²) < 4.78 is 0. The Morgan fingerprint density at radius 3 is 2.58 bits per heavy atom. The van der Waals surface area contributed by atoms with Crippen LogP contribution in [0.15, 0.2) is 60.7 Å². The van der Waals surface area contributed by atoms with Gasteiger partial charge in [0.15, 0.2) is 0 Å². The predicted molar refractivity (Wildman–Crippen MR) is 80.2 cm³/mol. The number of fused-ring (bicyclic) bond motifs is 1. The molecule has 0 unspecified atom stereocenters. The van der Waals surface area contributed by atoms with Gasteiger partial charge in [0, 0.05) is 11.4 Å². The summed E-state index contributed by atoms with van der Waals surface area (Å²) in [5, 5.41) is 5.94. The Bertz CT molecular complexity index is 704. The molecule has 0 amide bonds. The molecule has 0 bridgehead atoms. The van der Waals surface area contributed by atoms with E-state index in [1.54, 1.807) is 0 Å². The second-order valence-electron chi connectivity index (χ2n) is 4.69. The highest BCUT2D eigenvalue weighted by molar-refractivity contribution is 5.85. The number of hydrogen-bond acceptors (Lipinski definition) is 2. The van der Waals surface area contributed by atoms with E-state index < -0.39 is 0 Å². The van der Waals surface area contributed by atoms with Crippen molar-refractivity contribution in [2.24, 2.45) is 0 Å². The van der Waals surface area contributed by atoms with Crippen LogP contribution in [-0.4, -0.2) is 4.98 Å². The number of aromatic nitrogens is 1. The van der Waals surface area contributed by atoms with Crippen LogP contribution >= 0.6 is 0 Å². The van der Waals surface area contributed by atoms with Crippen molar-refractivity contribution >= 4 is 16.5 Å². The van der Waals surface area contributed by atoms with Crippen molar-refractivity contribution in [1.82, 2.24) is 4.98 Å². The Labute approximate surface area is 113 Å².